The SMILES string of the molecule is O=C(O)C1CCCN1C(c1ccccc1)c1ccncc1. The van der Waals surface area contributed by atoms with Crippen LogP contribution in [0.25, 0.3) is 0 Å². The topological polar surface area (TPSA) is 53.4 Å². The van der Waals surface area contributed by atoms with E-state index in [-0.39, 0.29) is 6.04 Å². The average Bonchev–Trinajstić information content (AvgIpc) is 2.99. The Labute approximate surface area is 124 Å². The lowest BCUT2D eigenvalue weighted by molar-refractivity contribution is -0.142. The molecule has 3 rings (SSSR count). The second-order valence-electron chi connectivity index (χ2n) is 5.33. The van der Waals surface area contributed by atoms with Gasteiger partial charge >= 0.3 is 5.97 Å². The predicted octanol–water partition coefficient (Wildman–Crippen LogP) is 2.72. The van der Waals surface area contributed by atoms with E-state index in [1.54, 1.807) is 12.4 Å². The molecule has 1 N–H and O–H groups in total. The minimum Gasteiger partial charge on any atom is -0.480 e. The van der Waals surface area contributed by atoms with Gasteiger partial charge in [-0.1, -0.05) is 30.3 Å². The number of likely N-dealkylation sites (tertiary alicyclic amines) is 1. The van der Waals surface area contributed by atoms with Crippen molar-refractivity contribution in [3.63, 3.8) is 0 Å². The molecule has 21 heavy (non-hydrogen) atoms. The van der Waals surface area contributed by atoms with E-state index in [2.05, 4.69) is 22.0 Å². The van der Waals surface area contributed by atoms with Crippen LogP contribution in [0.4, 0.5) is 0 Å². The van der Waals surface area contributed by atoms with Crippen molar-refractivity contribution in [2.24, 2.45) is 0 Å². The first-order valence-corrected chi connectivity index (χ1v) is 7.21. The van der Waals surface area contributed by atoms with Crippen LogP contribution in [-0.4, -0.2) is 33.5 Å². The molecule has 0 spiro atoms. The summed E-state index contributed by atoms with van der Waals surface area (Å²) in [6, 6.07) is 13.6. The molecule has 2 aromatic rings. The maximum absolute atomic E-state index is 11.5. The lowest BCUT2D eigenvalue weighted by Gasteiger charge is -2.31. The molecule has 4 nitrogen and oxygen atoms in total. The normalized spacial score (nSPS) is 20.3. The zero-order valence-electron chi connectivity index (χ0n) is 11.7. The second-order valence-corrected chi connectivity index (χ2v) is 5.33. The third kappa shape index (κ3) is 2.81. The summed E-state index contributed by atoms with van der Waals surface area (Å²) >= 11 is 0. The van der Waals surface area contributed by atoms with Gasteiger partial charge in [0.05, 0.1) is 6.04 Å². The third-order valence-corrected chi connectivity index (χ3v) is 4.05. The van der Waals surface area contributed by atoms with Gasteiger partial charge in [0, 0.05) is 18.9 Å². The van der Waals surface area contributed by atoms with E-state index < -0.39 is 12.0 Å². The molecule has 0 radical (unpaired) electrons. The summed E-state index contributed by atoms with van der Waals surface area (Å²) in [5.74, 6) is -0.734. The van der Waals surface area contributed by atoms with E-state index >= 15 is 0 Å². The number of carbonyl (C=O) groups is 1. The van der Waals surface area contributed by atoms with Crippen molar-refractivity contribution in [2.75, 3.05) is 6.54 Å². The van der Waals surface area contributed by atoms with Gasteiger partial charge in [-0.25, -0.2) is 0 Å². The molecule has 2 heterocycles. The molecule has 2 unspecified atom stereocenters. The van der Waals surface area contributed by atoms with Gasteiger partial charge in [-0.15, -0.1) is 0 Å². The summed E-state index contributed by atoms with van der Waals surface area (Å²) in [5, 5.41) is 9.47. The molecule has 0 aliphatic carbocycles. The van der Waals surface area contributed by atoms with Crippen molar-refractivity contribution < 1.29 is 9.90 Å². The van der Waals surface area contributed by atoms with Gasteiger partial charge < -0.3 is 5.11 Å². The predicted molar refractivity (Wildman–Crippen MR) is 79.9 cm³/mol. The van der Waals surface area contributed by atoms with Crippen LogP contribution < -0.4 is 0 Å². The molecule has 1 aliphatic rings. The van der Waals surface area contributed by atoms with Gasteiger partial charge in [-0.05, 0) is 36.1 Å². The highest BCUT2D eigenvalue weighted by Crippen LogP contribution is 2.34. The second kappa shape index (κ2) is 6.06. The van der Waals surface area contributed by atoms with Gasteiger partial charge in [0.15, 0.2) is 0 Å². The monoisotopic (exact) mass is 282 g/mol. The molecule has 0 amide bonds. The van der Waals surface area contributed by atoms with Crippen LogP contribution in [0, 0.1) is 0 Å². The van der Waals surface area contributed by atoms with Crippen LogP contribution in [0.1, 0.15) is 30.0 Å². The van der Waals surface area contributed by atoms with Gasteiger partial charge in [-0.2, -0.15) is 0 Å². The van der Waals surface area contributed by atoms with Crippen LogP contribution in [0.2, 0.25) is 0 Å². The van der Waals surface area contributed by atoms with Crippen molar-refractivity contribution in [3.8, 4) is 0 Å². The summed E-state index contributed by atoms with van der Waals surface area (Å²) < 4.78 is 0. The number of aromatic nitrogens is 1. The highest BCUT2D eigenvalue weighted by molar-refractivity contribution is 5.74. The largest absolute Gasteiger partial charge is 0.480 e. The van der Waals surface area contributed by atoms with Crippen LogP contribution in [-0.2, 0) is 4.79 Å². The molecule has 4 heteroatoms. The first kappa shape index (κ1) is 13.8. The molecule has 0 saturated carbocycles. The highest BCUT2D eigenvalue weighted by atomic mass is 16.4. The molecule has 1 aromatic heterocycles. The van der Waals surface area contributed by atoms with E-state index in [1.165, 1.54) is 0 Å². The molecule has 2 atom stereocenters. The molecule has 108 valence electrons. The Morgan fingerprint density at radius 3 is 2.48 bits per heavy atom. The van der Waals surface area contributed by atoms with Crippen molar-refractivity contribution in [1.82, 2.24) is 9.88 Å². The zero-order valence-corrected chi connectivity index (χ0v) is 11.7. The minimum absolute atomic E-state index is 0.0298. The Bertz CT molecular complexity index is 561. The number of carboxylic acid groups (broad SMARTS) is 1. The number of benzene rings is 1. The summed E-state index contributed by atoms with van der Waals surface area (Å²) in [7, 11) is 0. The first-order valence-electron chi connectivity index (χ1n) is 7.21. The highest BCUT2D eigenvalue weighted by Gasteiger charge is 2.36. The van der Waals surface area contributed by atoms with Gasteiger partial charge in [0.25, 0.3) is 0 Å². The van der Waals surface area contributed by atoms with E-state index in [0.717, 1.165) is 24.1 Å². The smallest absolute Gasteiger partial charge is 0.320 e. The number of carboxylic acids is 1. The van der Waals surface area contributed by atoms with Gasteiger partial charge in [0.1, 0.15) is 6.04 Å². The third-order valence-electron chi connectivity index (χ3n) is 4.05. The number of hydrogen-bond acceptors (Lipinski definition) is 3. The Balaban J connectivity index is 2.03. The molecule has 0 bridgehead atoms. The number of rotatable bonds is 4. The lowest BCUT2D eigenvalue weighted by Crippen LogP contribution is -2.39. The molecule has 1 aromatic carbocycles. The number of pyridine rings is 1. The molecular weight excluding hydrogens is 264 g/mol. The average molecular weight is 282 g/mol. The maximum Gasteiger partial charge on any atom is 0.320 e. The van der Waals surface area contributed by atoms with Crippen molar-refractivity contribution >= 4 is 5.97 Å². The van der Waals surface area contributed by atoms with E-state index in [4.69, 9.17) is 0 Å². The van der Waals surface area contributed by atoms with E-state index in [0.29, 0.717) is 6.42 Å². The fraction of sp³-hybridized carbons (Fsp3) is 0.294. The Morgan fingerprint density at radius 2 is 1.81 bits per heavy atom. The Kier molecular flexibility index (Phi) is 3.97. The molecule has 1 aliphatic heterocycles. The standard InChI is InChI=1S/C17H18N2O2/c20-17(21)15-7-4-12-19(15)16(13-5-2-1-3-6-13)14-8-10-18-11-9-14/h1-3,5-6,8-11,15-16H,4,7,12H2,(H,20,21). The number of aliphatic carboxylic acids is 1. The summed E-state index contributed by atoms with van der Waals surface area (Å²) in [6.07, 6.45) is 5.16. The number of nitrogens with zero attached hydrogens (tertiary/aromatic N) is 2. The van der Waals surface area contributed by atoms with Crippen molar-refractivity contribution in [1.29, 1.82) is 0 Å². The maximum atomic E-state index is 11.5. The van der Waals surface area contributed by atoms with Crippen LogP contribution >= 0.6 is 0 Å². The van der Waals surface area contributed by atoms with Crippen LogP contribution in [0.5, 0.6) is 0 Å². The summed E-state index contributed by atoms with van der Waals surface area (Å²) in [4.78, 5) is 17.7. The van der Waals surface area contributed by atoms with Crippen LogP contribution in [0.3, 0.4) is 0 Å². The summed E-state index contributed by atoms with van der Waals surface area (Å²) in [5.41, 5.74) is 2.21. The Morgan fingerprint density at radius 1 is 1.14 bits per heavy atom. The quantitative estimate of drug-likeness (QED) is 0.937. The summed E-state index contributed by atoms with van der Waals surface area (Å²) in [6.45, 7) is 0.804. The Hall–Kier alpha value is -2.20. The minimum atomic E-state index is -0.734. The molecule has 1 saturated heterocycles. The fourth-order valence-corrected chi connectivity index (χ4v) is 3.12. The van der Waals surface area contributed by atoms with Crippen molar-refractivity contribution in [2.45, 2.75) is 24.9 Å². The van der Waals surface area contributed by atoms with E-state index in [9.17, 15) is 9.90 Å². The van der Waals surface area contributed by atoms with Crippen LogP contribution in [0.15, 0.2) is 54.9 Å². The molecule has 1 fully saturated rings. The van der Waals surface area contributed by atoms with Crippen molar-refractivity contribution in [3.05, 3.63) is 66.0 Å². The van der Waals surface area contributed by atoms with Gasteiger partial charge in [-0.3, -0.25) is 14.7 Å². The first-order chi connectivity index (χ1) is 10.3. The number of hydrogen-bond donors (Lipinski definition) is 1. The molecular formula is C17H18N2O2. The van der Waals surface area contributed by atoms with Gasteiger partial charge in [0.2, 0.25) is 0 Å². The van der Waals surface area contributed by atoms with E-state index in [1.807, 2.05) is 30.3 Å². The fourth-order valence-electron chi connectivity index (χ4n) is 3.12. The lowest BCUT2D eigenvalue weighted by atomic mass is 9.97. The zero-order chi connectivity index (χ0) is 14.7.